The molecular formula is C19H15N3O3. The van der Waals surface area contributed by atoms with Crippen molar-refractivity contribution in [1.29, 1.82) is 5.26 Å². The lowest BCUT2D eigenvalue weighted by atomic mass is 9.98. The van der Waals surface area contributed by atoms with Crippen molar-refractivity contribution in [3.63, 3.8) is 0 Å². The third-order valence-corrected chi connectivity index (χ3v) is 4.04. The van der Waals surface area contributed by atoms with Crippen molar-refractivity contribution in [3.8, 4) is 6.07 Å². The first-order chi connectivity index (χ1) is 12.0. The summed E-state index contributed by atoms with van der Waals surface area (Å²) in [4.78, 5) is 35.0. The van der Waals surface area contributed by atoms with Crippen LogP contribution in [0.5, 0.6) is 0 Å². The summed E-state index contributed by atoms with van der Waals surface area (Å²) >= 11 is 0. The molecule has 1 aliphatic rings. The molecule has 1 aliphatic heterocycles. The SMILES string of the molecule is N#Cc1ccc(C(=O)Nc2ccc(CC3CC(=O)NC3=O)cc2)cc1. The van der Waals surface area contributed by atoms with Crippen LogP contribution in [-0.2, 0) is 16.0 Å². The zero-order valence-electron chi connectivity index (χ0n) is 13.3. The molecule has 1 unspecified atom stereocenters. The van der Waals surface area contributed by atoms with E-state index >= 15 is 0 Å². The highest BCUT2D eigenvalue weighted by Gasteiger charge is 2.30. The maximum atomic E-state index is 12.2. The number of imide groups is 1. The van der Waals surface area contributed by atoms with Gasteiger partial charge >= 0.3 is 0 Å². The van der Waals surface area contributed by atoms with Gasteiger partial charge in [-0.25, -0.2) is 0 Å². The molecule has 0 bridgehead atoms. The second-order valence-corrected chi connectivity index (χ2v) is 5.86. The number of carbonyl (C=O) groups excluding carboxylic acids is 3. The van der Waals surface area contributed by atoms with E-state index in [-0.39, 0.29) is 30.1 Å². The Morgan fingerprint density at radius 1 is 1.12 bits per heavy atom. The Kier molecular flexibility index (Phi) is 4.57. The van der Waals surface area contributed by atoms with E-state index in [1.165, 1.54) is 0 Å². The lowest BCUT2D eigenvalue weighted by molar-refractivity contribution is -0.125. The number of nitriles is 1. The van der Waals surface area contributed by atoms with E-state index in [0.29, 0.717) is 23.2 Å². The number of nitrogens with one attached hydrogen (secondary N) is 2. The quantitative estimate of drug-likeness (QED) is 0.836. The van der Waals surface area contributed by atoms with Gasteiger partial charge < -0.3 is 5.32 Å². The molecule has 124 valence electrons. The fraction of sp³-hybridized carbons (Fsp3) is 0.158. The Labute approximate surface area is 144 Å². The molecule has 1 fully saturated rings. The molecule has 2 aromatic carbocycles. The van der Waals surface area contributed by atoms with E-state index in [1.807, 2.05) is 18.2 Å². The van der Waals surface area contributed by atoms with E-state index in [1.54, 1.807) is 36.4 Å². The van der Waals surface area contributed by atoms with Gasteiger partial charge in [-0.05, 0) is 48.4 Å². The van der Waals surface area contributed by atoms with E-state index in [0.717, 1.165) is 5.56 Å². The predicted molar refractivity (Wildman–Crippen MR) is 90.5 cm³/mol. The maximum absolute atomic E-state index is 12.2. The molecule has 6 heteroatoms. The van der Waals surface area contributed by atoms with Gasteiger partial charge in [0.05, 0.1) is 17.6 Å². The summed E-state index contributed by atoms with van der Waals surface area (Å²) in [6.07, 6.45) is 0.706. The fourth-order valence-corrected chi connectivity index (χ4v) is 2.68. The number of nitrogens with zero attached hydrogens (tertiary/aromatic N) is 1. The summed E-state index contributed by atoms with van der Waals surface area (Å²) in [5.41, 5.74) is 2.51. The average molecular weight is 333 g/mol. The molecule has 0 saturated carbocycles. The predicted octanol–water partition coefficient (Wildman–Crippen LogP) is 2.02. The van der Waals surface area contributed by atoms with Gasteiger partial charge in [-0.15, -0.1) is 0 Å². The van der Waals surface area contributed by atoms with Crippen molar-refractivity contribution in [2.75, 3.05) is 5.32 Å². The van der Waals surface area contributed by atoms with Crippen LogP contribution in [0.25, 0.3) is 0 Å². The Balaban J connectivity index is 1.62. The first-order valence-corrected chi connectivity index (χ1v) is 7.79. The van der Waals surface area contributed by atoms with Crippen molar-refractivity contribution in [1.82, 2.24) is 5.32 Å². The van der Waals surface area contributed by atoms with Crippen LogP contribution in [0.1, 0.15) is 27.9 Å². The Hall–Kier alpha value is -3.46. The minimum Gasteiger partial charge on any atom is -0.322 e. The lowest BCUT2D eigenvalue weighted by Gasteiger charge is -2.08. The molecule has 0 radical (unpaired) electrons. The number of carbonyl (C=O) groups is 3. The van der Waals surface area contributed by atoms with Gasteiger partial charge in [0, 0.05) is 17.7 Å². The molecule has 2 aromatic rings. The molecule has 0 spiro atoms. The summed E-state index contributed by atoms with van der Waals surface area (Å²) in [6.45, 7) is 0. The number of rotatable bonds is 4. The molecule has 3 rings (SSSR count). The molecule has 1 atom stereocenters. The zero-order chi connectivity index (χ0) is 17.8. The number of anilines is 1. The maximum Gasteiger partial charge on any atom is 0.255 e. The lowest BCUT2D eigenvalue weighted by Crippen LogP contribution is -2.22. The zero-order valence-corrected chi connectivity index (χ0v) is 13.3. The molecule has 0 aromatic heterocycles. The second kappa shape index (κ2) is 6.97. The van der Waals surface area contributed by atoms with Gasteiger partial charge in [-0.2, -0.15) is 5.26 Å². The third-order valence-electron chi connectivity index (χ3n) is 4.04. The highest BCUT2D eigenvalue weighted by Crippen LogP contribution is 2.19. The minimum atomic E-state index is -0.327. The van der Waals surface area contributed by atoms with Gasteiger partial charge in [0.2, 0.25) is 11.8 Å². The van der Waals surface area contributed by atoms with Crippen molar-refractivity contribution in [2.24, 2.45) is 5.92 Å². The highest BCUT2D eigenvalue weighted by molar-refractivity contribution is 6.04. The van der Waals surface area contributed by atoms with E-state index in [2.05, 4.69) is 10.6 Å². The van der Waals surface area contributed by atoms with Crippen LogP contribution in [0.15, 0.2) is 48.5 Å². The molecule has 1 heterocycles. The summed E-state index contributed by atoms with van der Waals surface area (Å²) < 4.78 is 0. The monoisotopic (exact) mass is 333 g/mol. The molecular weight excluding hydrogens is 318 g/mol. The van der Waals surface area contributed by atoms with Crippen molar-refractivity contribution < 1.29 is 14.4 Å². The van der Waals surface area contributed by atoms with Gasteiger partial charge in [-0.3, -0.25) is 19.7 Å². The van der Waals surface area contributed by atoms with Crippen LogP contribution in [0.2, 0.25) is 0 Å². The molecule has 3 amide bonds. The van der Waals surface area contributed by atoms with Gasteiger partial charge in [-0.1, -0.05) is 12.1 Å². The number of hydrogen-bond donors (Lipinski definition) is 2. The van der Waals surface area contributed by atoms with E-state index in [4.69, 9.17) is 5.26 Å². The molecule has 0 aliphatic carbocycles. The largest absolute Gasteiger partial charge is 0.322 e. The van der Waals surface area contributed by atoms with E-state index in [9.17, 15) is 14.4 Å². The topological polar surface area (TPSA) is 99.1 Å². The van der Waals surface area contributed by atoms with Crippen molar-refractivity contribution >= 4 is 23.4 Å². The van der Waals surface area contributed by atoms with Crippen LogP contribution < -0.4 is 10.6 Å². The normalized spacial score (nSPS) is 16.2. The summed E-state index contributed by atoms with van der Waals surface area (Å²) in [6, 6.07) is 15.5. The first kappa shape index (κ1) is 16.4. The molecule has 25 heavy (non-hydrogen) atoms. The second-order valence-electron chi connectivity index (χ2n) is 5.86. The number of benzene rings is 2. The fourth-order valence-electron chi connectivity index (χ4n) is 2.68. The summed E-state index contributed by atoms with van der Waals surface area (Å²) in [5.74, 6) is -1.06. The van der Waals surface area contributed by atoms with Crippen LogP contribution in [-0.4, -0.2) is 17.7 Å². The number of amides is 3. The average Bonchev–Trinajstić information content (AvgIpc) is 2.94. The van der Waals surface area contributed by atoms with Crippen LogP contribution in [0.4, 0.5) is 5.69 Å². The van der Waals surface area contributed by atoms with Crippen LogP contribution in [0.3, 0.4) is 0 Å². The minimum absolute atomic E-state index is 0.218. The standard InChI is InChI=1S/C19H15N3O3/c20-11-13-1-5-14(6-2-13)18(24)21-16-7-3-12(4-8-16)9-15-10-17(23)22-19(15)25/h1-8,15H,9-10H2,(H,21,24)(H,22,23,25). The van der Waals surface area contributed by atoms with Crippen LogP contribution >= 0.6 is 0 Å². The third kappa shape index (κ3) is 3.90. The summed E-state index contributed by atoms with van der Waals surface area (Å²) in [5, 5.41) is 13.8. The molecule has 1 saturated heterocycles. The van der Waals surface area contributed by atoms with Gasteiger partial charge in [0.25, 0.3) is 5.91 Å². The molecule has 6 nitrogen and oxygen atoms in total. The van der Waals surface area contributed by atoms with Crippen molar-refractivity contribution in [3.05, 3.63) is 65.2 Å². The first-order valence-electron chi connectivity index (χ1n) is 7.79. The summed E-state index contributed by atoms with van der Waals surface area (Å²) in [7, 11) is 0. The van der Waals surface area contributed by atoms with E-state index < -0.39 is 0 Å². The van der Waals surface area contributed by atoms with Crippen LogP contribution in [0, 0.1) is 17.2 Å². The van der Waals surface area contributed by atoms with Gasteiger partial charge in [0.1, 0.15) is 0 Å². The Morgan fingerprint density at radius 2 is 1.80 bits per heavy atom. The van der Waals surface area contributed by atoms with Crippen molar-refractivity contribution in [2.45, 2.75) is 12.8 Å². The smallest absolute Gasteiger partial charge is 0.255 e. The van der Waals surface area contributed by atoms with Gasteiger partial charge in [0.15, 0.2) is 0 Å². The highest BCUT2D eigenvalue weighted by atomic mass is 16.2. The Bertz CT molecular complexity index is 864. The number of hydrogen-bond acceptors (Lipinski definition) is 4. The molecule has 2 N–H and O–H groups in total. The Morgan fingerprint density at radius 3 is 2.36 bits per heavy atom.